The molecule has 2 aromatic rings. The standard InChI is InChI=1S/C13H10BrClFNO/c14-10-1-3-12(17-7-10)8-18-13-4-2-11(16)5-9(13)6-15/h1-5,7H,6,8H2. The van der Waals surface area contributed by atoms with Crippen LogP contribution in [0.1, 0.15) is 11.3 Å². The summed E-state index contributed by atoms with van der Waals surface area (Å²) in [5, 5.41) is 0. The van der Waals surface area contributed by atoms with Gasteiger partial charge in [-0.3, -0.25) is 4.98 Å². The molecule has 0 aliphatic carbocycles. The zero-order chi connectivity index (χ0) is 13.0. The third kappa shape index (κ3) is 3.43. The van der Waals surface area contributed by atoms with Crippen LogP contribution in [0.3, 0.4) is 0 Å². The zero-order valence-electron chi connectivity index (χ0n) is 9.37. The van der Waals surface area contributed by atoms with Crippen LogP contribution < -0.4 is 4.74 Å². The number of pyridine rings is 1. The van der Waals surface area contributed by atoms with Gasteiger partial charge < -0.3 is 4.74 Å². The number of hydrogen-bond acceptors (Lipinski definition) is 2. The average Bonchev–Trinajstić information content (AvgIpc) is 2.39. The molecule has 1 heterocycles. The topological polar surface area (TPSA) is 22.1 Å². The number of aromatic nitrogens is 1. The fourth-order valence-electron chi connectivity index (χ4n) is 1.44. The van der Waals surface area contributed by atoms with Crippen molar-refractivity contribution in [2.45, 2.75) is 12.5 Å². The number of ether oxygens (including phenoxy) is 1. The number of benzene rings is 1. The van der Waals surface area contributed by atoms with E-state index in [1.807, 2.05) is 12.1 Å². The molecule has 18 heavy (non-hydrogen) atoms. The predicted octanol–water partition coefficient (Wildman–Crippen LogP) is 4.30. The molecule has 1 aromatic heterocycles. The first kappa shape index (κ1) is 13.3. The number of hydrogen-bond donors (Lipinski definition) is 0. The highest BCUT2D eigenvalue weighted by Gasteiger charge is 2.05. The minimum atomic E-state index is -0.320. The molecule has 2 rings (SSSR count). The van der Waals surface area contributed by atoms with Gasteiger partial charge in [0.2, 0.25) is 0 Å². The highest BCUT2D eigenvalue weighted by molar-refractivity contribution is 9.10. The Bertz CT molecular complexity index is 533. The molecule has 2 nitrogen and oxygen atoms in total. The molecule has 0 saturated heterocycles. The monoisotopic (exact) mass is 329 g/mol. The lowest BCUT2D eigenvalue weighted by Crippen LogP contribution is -2.00. The van der Waals surface area contributed by atoms with Crippen molar-refractivity contribution in [2.24, 2.45) is 0 Å². The van der Waals surface area contributed by atoms with Crippen LogP contribution in [0.4, 0.5) is 4.39 Å². The molecule has 0 radical (unpaired) electrons. The molecule has 0 N–H and O–H groups in total. The molecule has 0 unspecified atom stereocenters. The van der Waals surface area contributed by atoms with Gasteiger partial charge in [-0.25, -0.2) is 4.39 Å². The van der Waals surface area contributed by atoms with Crippen molar-refractivity contribution in [1.82, 2.24) is 4.98 Å². The second-order valence-electron chi connectivity index (χ2n) is 3.64. The van der Waals surface area contributed by atoms with Crippen LogP contribution in [0.2, 0.25) is 0 Å². The Morgan fingerprint density at radius 1 is 1.28 bits per heavy atom. The van der Waals surface area contributed by atoms with Gasteiger partial charge in [-0.2, -0.15) is 0 Å². The molecule has 0 bridgehead atoms. The third-order valence-electron chi connectivity index (χ3n) is 2.33. The second-order valence-corrected chi connectivity index (χ2v) is 4.83. The molecule has 0 amide bonds. The van der Waals surface area contributed by atoms with Crippen molar-refractivity contribution in [1.29, 1.82) is 0 Å². The summed E-state index contributed by atoms with van der Waals surface area (Å²) in [5.41, 5.74) is 1.43. The molecular weight excluding hydrogens is 321 g/mol. The summed E-state index contributed by atoms with van der Waals surface area (Å²) in [4.78, 5) is 4.19. The van der Waals surface area contributed by atoms with E-state index < -0.39 is 0 Å². The van der Waals surface area contributed by atoms with Crippen LogP contribution in [0.15, 0.2) is 41.0 Å². The van der Waals surface area contributed by atoms with Crippen LogP contribution in [0.25, 0.3) is 0 Å². The van der Waals surface area contributed by atoms with Gasteiger partial charge >= 0.3 is 0 Å². The lowest BCUT2D eigenvalue weighted by Gasteiger charge is -2.09. The lowest BCUT2D eigenvalue weighted by atomic mass is 10.2. The van der Waals surface area contributed by atoms with Crippen molar-refractivity contribution in [2.75, 3.05) is 0 Å². The number of alkyl halides is 1. The largest absolute Gasteiger partial charge is 0.487 e. The first-order valence-corrected chi connectivity index (χ1v) is 6.59. The van der Waals surface area contributed by atoms with Gasteiger partial charge in [0, 0.05) is 16.2 Å². The normalized spacial score (nSPS) is 10.4. The maximum absolute atomic E-state index is 13.0. The Balaban J connectivity index is 2.08. The van der Waals surface area contributed by atoms with E-state index in [1.165, 1.54) is 12.1 Å². The van der Waals surface area contributed by atoms with Gasteiger partial charge in [0.15, 0.2) is 0 Å². The van der Waals surface area contributed by atoms with Crippen LogP contribution in [0, 0.1) is 5.82 Å². The fraction of sp³-hybridized carbons (Fsp3) is 0.154. The zero-order valence-corrected chi connectivity index (χ0v) is 11.7. The molecule has 0 spiro atoms. The van der Waals surface area contributed by atoms with Gasteiger partial charge in [0.1, 0.15) is 18.2 Å². The lowest BCUT2D eigenvalue weighted by molar-refractivity contribution is 0.298. The maximum atomic E-state index is 13.0. The van der Waals surface area contributed by atoms with Crippen molar-refractivity contribution in [3.63, 3.8) is 0 Å². The van der Waals surface area contributed by atoms with Crippen LogP contribution in [-0.4, -0.2) is 4.98 Å². The summed E-state index contributed by atoms with van der Waals surface area (Å²) in [6.45, 7) is 0.322. The van der Waals surface area contributed by atoms with E-state index >= 15 is 0 Å². The fourth-order valence-corrected chi connectivity index (χ4v) is 1.88. The molecule has 1 aromatic carbocycles. The van der Waals surface area contributed by atoms with Gasteiger partial charge in [-0.15, -0.1) is 11.6 Å². The first-order valence-electron chi connectivity index (χ1n) is 5.26. The van der Waals surface area contributed by atoms with Crippen LogP contribution in [0.5, 0.6) is 5.75 Å². The first-order chi connectivity index (χ1) is 8.69. The molecule has 0 aliphatic rings. The van der Waals surface area contributed by atoms with E-state index in [0.717, 1.165) is 10.2 Å². The molecule has 0 saturated carbocycles. The van der Waals surface area contributed by atoms with Crippen molar-refractivity contribution < 1.29 is 9.13 Å². The molecule has 0 atom stereocenters. The van der Waals surface area contributed by atoms with E-state index in [-0.39, 0.29) is 11.7 Å². The summed E-state index contributed by atoms with van der Waals surface area (Å²) < 4.78 is 19.5. The summed E-state index contributed by atoms with van der Waals surface area (Å²) in [6.07, 6.45) is 1.70. The average molecular weight is 331 g/mol. The van der Waals surface area contributed by atoms with E-state index in [4.69, 9.17) is 16.3 Å². The summed E-state index contributed by atoms with van der Waals surface area (Å²) in [7, 11) is 0. The number of halogens is 3. The molecular formula is C13H10BrClFNO. The molecule has 0 aliphatic heterocycles. The van der Waals surface area contributed by atoms with Crippen molar-refractivity contribution in [3.05, 3.63) is 58.1 Å². The minimum Gasteiger partial charge on any atom is -0.487 e. The maximum Gasteiger partial charge on any atom is 0.130 e. The summed E-state index contributed by atoms with van der Waals surface area (Å²) in [6, 6.07) is 8.04. The van der Waals surface area contributed by atoms with E-state index in [1.54, 1.807) is 12.3 Å². The Morgan fingerprint density at radius 3 is 2.78 bits per heavy atom. The van der Waals surface area contributed by atoms with Crippen molar-refractivity contribution >= 4 is 27.5 Å². The van der Waals surface area contributed by atoms with Crippen molar-refractivity contribution in [3.8, 4) is 5.75 Å². The van der Waals surface area contributed by atoms with E-state index in [9.17, 15) is 4.39 Å². The predicted molar refractivity (Wildman–Crippen MR) is 72.2 cm³/mol. The Labute approximate surface area is 118 Å². The summed E-state index contributed by atoms with van der Waals surface area (Å²) in [5.74, 6) is 0.469. The van der Waals surface area contributed by atoms with E-state index in [2.05, 4.69) is 20.9 Å². The van der Waals surface area contributed by atoms with Gasteiger partial charge in [0.05, 0.1) is 11.6 Å². The van der Waals surface area contributed by atoms with Gasteiger partial charge in [-0.1, -0.05) is 0 Å². The Kier molecular flexibility index (Phi) is 4.55. The Morgan fingerprint density at radius 2 is 2.11 bits per heavy atom. The molecule has 5 heteroatoms. The van der Waals surface area contributed by atoms with Gasteiger partial charge in [-0.05, 0) is 46.3 Å². The smallest absolute Gasteiger partial charge is 0.130 e. The number of nitrogens with zero attached hydrogens (tertiary/aromatic N) is 1. The number of rotatable bonds is 4. The Hall–Kier alpha value is -1.13. The summed E-state index contributed by atoms with van der Waals surface area (Å²) >= 11 is 9.05. The SMILES string of the molecule is Fc1ccc(OCc2ccc(Br)cn2)c(CCl)c1. The molecule has 94 valence electrons. The quantitative estimate of drug-likeness (QED) is 0.780. The molecule has 0 fully saturated rings. The highest BCUT2D eigenvalue weighted by atomic mass is 79.9. The second kappa shape index (κ2) is 6.16. The van der Waals surface area contributed by atoms with Crippen LogP contribution in [-0.2, 0) is 12.5 Å². The van der Waals surface area contributed by atoms with Gasteiger partial charge in [0.25, 0.3) is 0 Å². The highest BCUT2D eigenvalue weighted by Crippen LogP contribution is 2.22. The third-order valence-corrected chi connectivity index (χ3v) is 3.09. The van der Waals surface area contributed by atoms with E-state index in [0.29, 0.717) is 17.9 Å². The minimum absolute atomic E-state index is 0.209. The van der Waals surface area contributed by atoms with Crippen LogP contribution >= 0.6 is 27.5 Å².